The van der Waals surface area contributed by atoms with Crippen LogP contribution in [0.15, 0.2) is 6.07 Å². The lowest BCUT2D eigenvalue weighted by Crippen LogP contribution is -1.98. The number of alkyl halides is 3. The van der Waals surface area contributed by atoms with Gasteiger partial charge < -0.3 is 5.11 Å². The predicted octanol–water partition coefficient (Wildman–Crippen LogP) is 2.77. The van der Waals surface area contributed by atoms with Crippen LogP contribution in [0.4, 0.5) is 8.78 Å². The number of aryl methyl sites for hydroxylation is 1. The number of nitrogens with zero attached hydrogens (tertiary/aromatic N) is 1. The van der Waals surface area contributed by atoms with E-state index >= 15 is 0 Å². The summed E-state index contributed by atoms with van der Waals surface area (Å²) in [4.78, 5) is 3.56. The van der Waals surface area contributed by atoms with E-state index in [0.29, 0.717) is 0 Å². The molecule has 0 aromatic carbocycles. The highest BCUT2D eigenvalue weighted by Crippen LogP contribution is 2.26. The molecule has 0 amide bonds. The Morgan fingerprint density at radius 2 is 2.23 bits per heavy atom. The Hall–Kier alpha value is -0.900. The van der Waals surface area contributed by atoms with Crippen LogP contribution in [0.5, 0.6) is 5.75 Å². The van der Waals surface area contributed by atoms with Crippen LogP contribution in [0.3, 0.4) is 0 Å². The summed E-state index contributed by atoms with van der Waals surface area (Å²) in [5, 5.41) is 9.17. The first-order valence-corrected chi connectivity index (χ1v) is 4.13. The minimum Gasteiger partial charge on any atom is -0.506 e. The van der Waals surface area contributed by atoms with Gasteiger partial charge >= 0.3 is 0 Å². The summed E-state index contributed by atoms with van der Waals surface area (Å²) in [6.07, 6.45) is -2.66. The molecule has 0 aliphatic carbocycles. The molecular weight excluding hydrogens is 200 g/mol. The van der Waals surface area contributed by atoms with Crippen molar-refractivity contribution in [2.24, 2.45) is 0 Å². The molecule has 1 aromatic rings. The smallest absolute Gasteiger partial charge is 0.280 e. The molecule has 5 heteroatoms. The van der Waals surface area contributed by atoms with E-state index in [2.05, 4.69) is 4.98 Å². The predicted molar refractivity (Wildman–Crippen MR) is 45.2 cm³/mol. The van der Waals surface area contributed by atoms with Crippen molar-refractivity contribution in [1.29, 1.82) is 0 Å². The van der Waals surface area contributed by atoms with Gasteiger partial charge in [-0.05, 0) is 18.6 Å². The molecule has 1 heterocycles. The SMILES string of the molecule is Cc1nc(C(F)F)c(CCl)cc1O. The monoisotopic (exact) mass is 207 g/mol. The van der Waals surface area contributed by atoms with Crippen LogP contribution >= 0.6 is 11.6 Å². The van der Waals surface area contributed by atoms with Crippen LogP contribution < -0.4 is 0 Å². The lowest BCUT2D eigenvalue weighted by Gasteiger charge is -2.07. The van der Waals surface area contributed by atoms with Gasteiger partial charge in [-0.1, -0.05) is 0 Å². The van der Waals surface area contributed by atoms with Gasteiger partial charge in [-0.25, -0.2) is 13.8 Å². The summed E-state index contributed by atoms with van der Waals surface area (Å²) < 4.78 is 24.6. The summed E-state index contributed by atoms with van der Waals surface area (Å²) in [6.45, 7) is 1.46. The number of hydrogen-bond acceptors (Lipinski definition) is 2. The molecule has 0 aliphatic rings. The lowest BCUT2D eigenvalue weighted by atomic mass is 10.2. The Kier molecular flexibility index (Phi) is 3.03. The van der Waals surface area contributed by atoms with E-state index in [1.807, 2.05) is 0 Å². The Bertz CT molecular complexity index is 317. The molecule has 2 nitrogen and oxygen atoms in total. The molecule has 0 radical (unpaired) electrons. The van der Waals surface area contributed by atoms with Gasteiger partial charge in [-0.2, -0.15) is 0 Å². The fraction of sp³-hybridized carbons (Fsp3) is 0.375. The first-order valence-electron chi connectivity index (χ1n) is 3.59. The van der Waals surface area contributed by atoms with E-state index in [-0.39, 0.29) is 28.6 Å². The van der Waals surface area contributed by atoms with Gasteiger partial charge in [0.25, 0.3) is 6.43 Å². The average Bonchev–Trinajstić information content (AvgIpc) is 2.08. The number of pyridine rings is 1. The van der Waals surface area contributed by atoms with Gasteiger partial charge in [-0.3, -0.25) is 0 Å². The minimum atomic E-state index is -2.66. The molecule has 0 saturated heterocycles. The first-order chi connectivity index (χ1) is 6.06. The van der Waals surface area contributed by atoms with Crippen molar-refractivity contribution >= 4 is 11.6 Å². The first kappa shape index (κ1) is 10.2. The summed E-state index contributed by atoms with van der Waals surface area (Å²) in [7, 11) is 0. The van der Waals surface area contributed by atoms with Crippen LogP contribution in [0, 0.1) is 6.92 Å². The molecule has 1 N–H and O–H groups in total. The van der Waals surface area contributed by atoms with E-state index < -0.39 is 6.43 Å². The van der Waals surface area contributed by atoms with Crippen molar-refractivity contribution in [3.63, 3.8) is 0 Å². The van der Waals surface area contributed by atoms with Crippen molar-refractivity contribution in [2.75, 3.05) is 0 Å². The maximum atomic E-state index is 12.3. The number of hydrogen-bond donors (Lipinski definition) is 1. The normalized spacial score (nSPS) is 10.8. The van der Waals surface area contributed by atoms with Crippen molar-refractivity contribution in [3.05, 3.63) is 23.0 Å². The lowest BCUT2D eigenvalue weighted by molar-refractivity contribution is 0.144. The Balaban J connectivity index is 3.25. The molecule has 1 aromatic heterocycles. The Morgan fingerprint density at radius 3 is 2.69 bits per heavy atom. The van der Waals surface area contributed by atoms with Crippen molar-refractivity contribution < 1.29 is 13.9 Å². The third-order valence-corrected chi connectivity index (χ3v) is 1.94. The van der Waals surface area contributed by atoms with Crippen molar-refractivity contribution in [3.8, 4) is 5.75 Å². The van der Waals surface area contributed by atoms with Gasteiger partial charge in [0, 0.05) is 5.88 Å². The van der Waals surface area contributed by atoms with Gasteiger partial charge in [0.15, 0.2) is 0 Å². The molecule has 0 spiro atoms. The highest BCUT2D eigenvalue weighted by atomic mass is 35.5. The summed E-state index contributed by atoms with van der Waals surface area (Å²) >= 11 is 5.42. The van der Waals surface area contributed by atoms with E-state index in [0.717, 1.165) is 0 Å². The van der Waals surface area contributed by atoms with E-state index in [1.165, 1.54) is 13.0 Å². The molecule has 0 fully saturated rings. The maximum absolute atomic E-state index is 12.3. The van der Waals surface area contributed by atoms with Gasteiger partial charge in [0.05, 0.1) is 5.69 Å². The molecule has 0 aliphatic heterocycles. The Labute approximate surface area is 79.2 Å². The van der Waals surface area contributed by atoms with Crippen molar-refractivity contribution in [2.45, 2.75) is 19.2 Å². The minimum absolute atomic E-state index is 0.0828. The second-order valence-corrected chi connectivity index (χ2v) is 2.84. The third-order valence-electron chi connectivity index (χ3n) is 1.65. The molecule has 0 saturated carbocycles. The number of aromatic nitrogens is 1. The summed E-state index contributed by atoms with van der Waals surface area (Å²) in [6, 6.07) is 1.22. The average molecular weight is 208 g/mol. The molecule has 72 valence electrons. The van der Waals surface area contributed by atoms with Gasteiger partial charge in [0.2, 0.25) is 0 Å². The van der Waals surface area contributed by atoms with Gasteiger partial charge in [0.1, 0.15) is 11.4 Å². The topological polar surface area (TPSA) is 33.1 Å². The largest absolute Gasteiger partial charge is 0.506 e. The standard InChI is InChI=1S/C8H8ClF2NO/c1-4-6(13)2-5(3-9)7(12-4)8(10)11/h2,8,13H,3H2,1H3. The van der Waals surface area contributed by atoms with Crippen LogP contribution in [-0.4, -0.2) is 10.1 Å². The highest BCUT2D eigenvalue weighted by molar-refractivity contribution is 6.17. The van der Waals surface area contributed by atoms with Crippen LogP contribution in [0.2, 0.25) is 0 Å². The Morgan fingerprint density at radius 1 is 1.62 bits per heavy atom. The molecular formula is C8H8ClF2NO. The van der Waals surface area contributed by atoms with Crippen LogP contribution in [0.1, 0.15) is 23.4 Å². The molecule has 13 heavy (non-hydrogen) atoms. The fourth-order valence-electron chi connectivity index (χ4n) is 0.949. The fourth-order valence-corrected chi connectivity index (χ4v) is 1.16. The third kappa shape index (κ3) is 2.06. The molecule has 0 bridgehead atoms. The van der Waals surface area contributed by atoms with Crippen LogP contribution in [-0.2, 0) is 5.88 Å². The quantitative estimate of drug-likeness (QED) is 0.757. The highest BCUT2D eigenvalue weighted by Gasteiger charge is 2.16. The zero-order chi connectivity index (χ0) is 10.0. The second-order valence-electron chi connectivity index (χ2n) is 2.57. The van der Waals surface area contributed by atoms with Crippen molar-refractivity contribution in [1.82, 2.24) is 4.98 Å². The second kappa shape index (κ2) is 3.87. The van der Waals surface area contributed by atoms with E-state index in [1.54, 1.807) is 0 Å². The number of rotatable bonds is 2. The van der Waals surface area contributed by atoms with Crippen LogP contribution in [0.25, 0.3) is 0 Å². The number of aromatic hydroxyl groups is 1. The molecule has 0 atom stereocenters. The van der Waals surface area contributed by atoms with Gasteiger partial charge in [-0.15, -0.1) is 11.6 Å². The zero-order valence-electron chi connectivity index (χ0n) is 6.89. The summed E-state index contributed by atoms with van der Waals surface area (Å²) in [5.41, 5.74) is -0.00534. The van der Waals surface area contributed by atoms with E-state index in [9.17, 15) is 13.9 Å². The molecule has 1 rings (SSSR count). The maximum Gasteiger partial charge on any atom is 0.280 e. The number of halogens is 3. The summed E-state index contributed by atoms with van der Waals surface area (Å²) in [5.74, 6) is -0.194. The molecule has 0 unspecified atom stereocenters. The van der Waals surface area contributed by atoms with E-state index in [4.69, 9.17) is 11.6 Å². The zero-order valence-corrected chi connectivity index (χ0v) is 7.65.